The number of rotatable bonds is 1. The molecule has 0 aliphatic heterocycles. The Hall–Kier alpha value is -0.650. The van der Waals surface area contributed by atoms with E-state index in [4.69, 9.17) is 0 Å². The molecule has 88 valence electrons. The summed E-state index contributed by atoms with van der Waals surface area (Å²) in [4.78, 5) is 11.8. The van der Waals surface area contributed by atoms with Crippen LogP contribution < -0.4 is 5.32 Å². The maximum Gasteiger partial charge on any atom is 0.229 e. The lowest BCUT2D eigenvalue weighted by atomic mass is 9.95. The number of hydrogen-bond donors (Lipinski definition) is 1. The standard InChI is InChI=1S/C12H15FINO/c1-7-5-6-8(13)10(9(7)14)15-11(16)12(2,3)4/h5-6H,1-4H3,(H,15,16). The molecule has 4 heteroatoms. The summed E-state index contributed by atoms with van der Waals surface area (Å²) in [5, 5.41) is 2.64. The predicted molar refractivity (Wildman–Crippen MR) is 71.9 cm³/mol. The Labute approximate surface area is 109 Å². The van der Waals surface area contributed by atoms with Gasteiger partial charge in [0, 0.05) is 8.99 Å². The second-order valence-corrected chi connectivity index (χ2v) is 5.84. The van der Waals surface area contributed by atoms with E-state index >= 15 is 0 Å². The van der Waals surface area contributed by atoms with Crippen LogP contribution in [0.25, 0.3) is 0 Å². The number of benzene rings is 1. The van der Waals surface area contributed by atoms with Crippen LogP contribution in [0.3, 0.4) is 0 Å². The van der Waals surface area contributed by atoms with Crippen molar-refractivity contribution in [1.29, 1.82) is 0 Å². The Kier molecular flexibility index (Phi) is 3.93. The molecule has 1 amide bonds. The molecule has 0 heterocycles. The molecule has 1 aromatic carbocycles. The Morgan fingerprint density at radius 2 is 1.94 bits per heavy atom. The molecule has 0 bridgehead atoms. The quantitative estimate of drug-likeness (QED) is 0.779. The van der Waals surface area contributed by atoms with Crippen molar-refractivity contribution in [1.82, 2.24) is 0 Å². The second kappa shape index (κ2) is 4.69. The third-order valence-corrected chi connectivity index (χ3v) is 3.59. The third kappa shape index (κ3) is 2.93. The van der Waals surface area contributed by atoms with Crippen molar-refractivity contribution >= 4 is 34.2 Å². The minimum atomic E-state index is -0.529. The van der Waals surface area contributed by atoms with E-state index in [-0.39, 0.29) is 11.6 Å². The van der Waals surface area contributed by atoms with Gasteiger partial charge in [0.2, 0.25) is 5.91 Å². The van der Waals surface area contributed by atoms with E-state index in [0.29, 0.717) is 0 Å². The summed E-state index contributed by atoms with van der Waals surface area (Å²) >= 11 is 2.04. The van der Waals surface area contributed by atoms with Crippen molar-refractivity contribution < 1.29 is 9.18 Å². The normalized spacial score (nSPS) is 11.4. The minimum Gasteiger partial charge on any atom is -0.322 e. The van der Waals surface area contributed by atoms with Crippen molar-refractivity contribution in [3.8, 4) is 0 Å². The third-order valence-electron chi connectivity index (χ3n) is 2.20. The van der Waals surface area contributed by atoms with Crippen LogP contribution in [-0.2, 0) is 4.79 Å². The lowest BCUT2D eigenvalue weighted by Gasteiger charge is -2.19. The van der Waals surface area contributed by atoms with Gasteiger partial charge in [-0.15, -0.1) is 0 Å². The van der Waals surface area contributed by atoms with Gasteiger partial charge in [0.15, 0.2) is 0 Å². The van der Waals surface area contributed by atoms with Gasteiger partial charge in [-0.1, -0.05) is 26.8 Å². The Balaban J connectivity index is 3.07. The summed E-state index contributed by atoms with van der Waals surface area (Å²) in [6.07, 6.45) is 0. The van der Waals surface area contributed by atoms with Gasteiger partial charge in [-0.3, -0.25) is 4.79 Å². The fraction of sp³-hybridized carbons (Fsp3) is 0.417. The SMILES string of the molecule is Cc1ccc(F)c(NC(=O)C(C)(C)C)c1I. The average Bonchev–Trinajstić information content (AvgIpc) is 2.17. The lowest BCUT2D eigenvalue weighted by Crippen LogP contribution is -2.28. The van der Waals surface area contributed by atoms with Crippen molar-refractivity contribution in [2.75, 3.05) is 5.32 Å². The first-order valence-electron chi connectivity index (χ1n) is 4.99. The molecule has 0 saturated carbocycles. The molecular weight excluding hydrogens is 320 g/mol. The van der Waals surface area contributed by atoms with E-state index in [1.807, 2.05) is 29.5 Å². The van der Waals surface area contributed by atoms with Crippen LogP contribution in [0, 0.1) is 21.7 Å². The van der Waals surface area contributed by atoms with E-state index in [9.17, 15) is 9.18 Å². The van der Waals surface area contributed by atoms with Crippen LogP contribution in [0.4, 0.5) is 10.1 Å². The van der Waals surface area contributed by atoms with Gasteiger partial charge in [-0.05, 0) is 41.1 Å². The molecule has 2 nitrogen and oxygen atoms in total. The molecule has 0 aromatic heterocycles. The number of aryl methyl sites for hydroxylation is 1. The molecular formula is C12H15FINO. The highest BCUT2D eigenvalue weighted by Gasteiger charge is 2.23. The van der Waals surface area contributed by atoms with Crippen molar-refractivity contribution in [3.63, 3.8) is 0 Å². The second-order valence-electron chi connectivity index (χ2n) is 4.76. The highest BCUT2D eigenvalue weighted by Crippen LogP contribution is 2.27. The first kappa shape index (κ1) is 13.4. The molecule has 0 saturated heterocycles. The van der Waals surface area contributed by atoms with Crippen LogP contribution in [0.1, 0.15) is 26.3 Å². The van der Waals surface area contributed by atoms with Crippen LogP contribution in [0.15, 0.2) is 12.1 Å². The number of amides is 1. The predicted octanol–water partition coefficient (Wildman–Crippen LogP) is 3.72. The van der Waals surface area contributed by atoms with Gasteiger partial charge in [-0.2, -0.15) is 0 Å². The Morgan fingerprint density at radius 1 is 1.38 bits per heavy atom. The zero-order valence-corrected chi connectivity index (χ0v) is 12.0. The van der Waals surface area contributed by atoms with Crippen LogP contribution >= 0.6 is 22.6 Å². The smallest absolute Gasteiger partial charge is 0.229 e. The number of carbonyl (C=O) groups is 1. The molecule has 1 N–H and O–H groups in total. The minimum absolute atomic E-state index is 0.185. The Bertz CT molecular complexity index is 424. The monoisotopic (exact) mass is 335 g/mol. The number of carbonyl (C=O) groups excluding carboxylic acids is 1. The molecule has 0 atom stereocenters. The maximum absolute atomic E-state index is 13.6. The van der Waals surface area contributed by atoms with Crippen molar-refractivity contribution in [3.05, 3.63) is 27.1 Å². The molecule has 0 fully saturated rings. The lowest BCUT2D eigenvalue weighted by molar-refractivity contribution is -0.123. The zero-order valence-electron chi connectivity index (χ0n) is 9.82. The fourth-order valence-electron chi connectivity index (χ4n) is 1.07. The van der Waals surface area contributed by atoms with E-state index in [0.717, 1.165) is 9.13 Å². The Morgan fingerprint density at radius 3 is 2.44 bits per heavy atom. The van der Waals surface area contributed by atoms with Crippen LogP contribution in [-0.4, -0.2) is 5.91 Å². The molecule has 16 heavy (non-hydrogen) atoms. The summed E-state index contributed by atoms with van der Waals surface area (Å²) in [5.74, 6) is -0.581. The van der Waals surface area contributed by atoms with E-state index < -0.39 is 11.2 Å². The zero-order chi connectivity index (χ0) is 12.5. The van der Waals surface area contributed by atoms with Crippen LogP contribution in [0.2, 0.25) is 0 Å². The van der Waals surface area contributed by atoms with Gasteiger partial charge in [0.25, 0.3) is 0 Å². The van der Waals surface area contributed by atoms with E-state index in [1.54, 1.807) is 26.8 Å². The largest absolute Gasteiger partial charge is 0.322 e. The first-order valence-corrected chi connectivity index (χ1v) is 6.07. The fourth-order valence-corrected chi connectivity index (χ4v) is 1.64. The summed E-state index contributed by atoms with van der Waals surface area (Å²) in [6.45, 7) is 7.27. The topological polar surface area (TPSA) is 29.1 Å². The molecule has 0 radical (unpaired) electrons. The number of nitrogens with one attached hydrogen (secondary N) is 1. The van der Waals surface area contributed by atoms with E-state index in [1.165, 1.54) is 6.07 Å². The molecule has 1 rings (SSSR count). The maximum atomic E-state index is 13.6. The highest BCUT2D eigenvalue weighted by atomic mass is 127. The van der Waals surface area contributed by atoms with Crippen LogP contribution in [0.5, 0.6) is 0 Å². The first-order chi connectivity index (χ1) is 7.23. The molecule has 1 aromatic rings. The summed E-state index contributed by atoms with van der Waals surface area (Å²) < 4.78 is 14.3. The highest BCUT2D eigenvalue weighted by molar-refractivity contribution is 14.1. The van der Waals surface area contributed by atoms with Gasteiger partial charge < -0.3 is 5.32 Å². The van der Waals surface area contributed by atoms with Crippen molar-refractivity contribution in [2.45, 2.75) is 27.7 Å². The van der Waals surface area contributed by atoms with Gasteiger partial charge in [-0.25, -0.2) is 4.39 Å². The van der Waals surface area contributed by atoms with Gasteiger partial charge in [0.1, 0.15) is 5.82 Å². The molecule has 0 spiro atoms. The molecule has 0 aliphatic rings. The van der Waals surface area contributed by atoms with Gasteiger partial charge >= 0.3 is 0 Å². The summed E-state index contributed by atoms with van der Waals surface area (Å²) in [5.41, 5.74) is 0.700. The summed E-state index contributed by atoms with van der Waals surface area (Å²) in [7, 11) is 0. The van der Waals surface area contributed by atoms with E-state index in [2.05, 4.69) is 5.32 Å². The molecule has 0 aliphatic carbocycles. The van der Waals surface area contributed by atoms with Crippen molar-refractivity contribution in [2.24, 2.45) is 5.41 Å². The number of hydrogen-bond acceptors (Lipinski definition) is 1. The molecule has 0 unspecified atom stereocenters. The average molecular weight is 335 g/mol. The number of halogens is 2. The summed E-state index contributed by atoms with van der Waals surface area (Å²) in [6, 6.07) is 3.07. The number of anilines is 1. The van der Waals surface area contributed by atoms with Gasteiger partial charge in [0.05, 0.1) is 5.69 Å².